The molecule has 2 aliphatic rings. The fraction of sp³-hybridized carbons (Fsp3) is 0.455. The minimum Gasteiger partial charge on any atom is -0.508 e. The Morgan fingerprint density at radius 3 is 2.47 bits per heavy atom. The third kappa shape index (κ3) is 5.17. The number of halogens is 3. The van der Waals surface area contributed by atoms with Crippen LogP contribution in [0.15, 0.2) is 42.5 Å². The Morgan fingerprint density at radius 1 is 1.10 bits per heavy atom. The van der Waals surface area contributed by atoms with Crippen molar-refractivity contribution >= 4 is 0 Å². The zero-order valence-corrected chi connectivity index (χ0v) is 16.4. The first-order valence-electron chi connectivity index (χ1n) is 9.95. The van der Waals surface area contributed by atoms with E-state index in [1.54, 1.807) is 30.3 Å². The van der Waals surface area contributed by atoms with E-state index in [2.05, 4.69) is 9.64 Å². The number of fused-ring (bicyclic) bond motifs is 1. The van der Waals surface area contributed by atoms with E-state index in [-0.39, 0.29) is 17.6 Å². The normalized spacial score (nSPS) is 21.1. The quantitative estimate of drug-likeness (QED) is 0.769. The average Bonchev–Trinajstić information content (AvgIpc) is 3.06. The van der Waals surface area contributed by atoms with Crippen LogP contribution in [0.1, 0.15) is 24.0 Å². The number of aliphatic hydroxyl groups is 1. The number of nitrogens with zero attached hydrogens (tertiary/aromatic N) is 1. The second-order valence-corrected chi connectivity index (χ2v) is 8.13. The molecule has 0 saturated carbocycles. The monoisotopic (exact) mass is 423 g/mol. The number of rotatable bonds is 5. The number of phenols is 1. The molecule has 0 aliphatic carbocycles. The minimum absolute atomic E-state index is 0.0224. The summed E-state index contributed by atoms with van der Waals surface area (Å²) in [5.74, 6) is 0.780. The molecule has 1 fully saturated rings. The van der Waals surface area contributed by atoms with E-state index in [0.717, 1.165) is 29.8 Å². The smallest absolute Gasteiger partial charge is 0.508 e. The number of piperidine rings is 1. The van der Waals surface area contributed by atoms with Crippen LogP contribution in [0.4, 0.5) is 13.2 Å². The summed E-state index contributed by atoms with van der Waals surface area (Å²) in [6, 6.07) is 10.8. The molecule has 1 unspecified atom stereocenters. The van der Waals surface area contributed by atoms with Crippen molar-refractivity contribution in [2.45, 2.75) is 43.8 Å². The SMILES string of the molecule is Oc1ccc2c(c1)CC(CN1CCC(O)(Cc3ccc(OC(F)(F)F)cc3)CC1)O2. The van der Waals surface area contributed by atoms with Crippen molar-refractivity contribution in [3.8, 4) is 17.2 Å². The van der Waals surface area contributed by atoms with Crippen molar-refractivity contribution in [1.82, 2.24) is 4.90 Å². The van der Waals surface area contributed by atoms with Crippen LogP contribution in [-0.4, -0.2) is 52.8 Å². The summed E-state index contributed by atoms with van der Waals surface area (Å²) in [5, 5.41) is 20.5. The number of alkyl halides is 3. The molecule has 4 rings (SSSR count). The Labute approximate surface area is 172 Å². The topological polar surface area (TPSA) is 62.2 Å². The molecule has 8 heteroatoms. The van der Waals surface area contributed by atoms with E-state index in [9.17, 15) is 23.4 Å². The molecule has 1 saturated heterocycles. The number of aromatic hydroxyl groups is 1. The second-order valence-electron chi connectivity index (χ2n) is 8.13. The summed E-state index contributed by atoms with van der Waals surface area (Å²) in [4.78, 5) is 2.26. The molecular weight excluding hydrogens is 399 g/mol. The summed E-state index contributed by atoms with van der Waals surface area (Å²) in [6.45, 7) is 2.18. The zero-order valence-electron chi connectivity index (χ0n) is 16.4. The van der Waals surface area contributed by atoms with E-state index >= 15 is 0 Å². The van der Waals surface area contributed by atoms with Crippen LogP contribution in [0.5, 0.6) is 17.2 Å². The molecule has 30 heavy (non-hydrogen) atoms. The van der Waals surface area contributed by atoms with Gasteiger partial charge >= 0.3 is 6.36 Å². The number of phenolic OH excluding ortho intramolecular Hbond substituents is 1. The van der Waals surface area contributed by atoms with Crippen LogP contribution in [0, 0.1) is 0 Å². The van der Waals surface area contributed by atoms with Crippen molar-refractivity contribution in [2.24, 2.45) is 0 Å². The van der Waals surface area contributed by atoms with Crippen molar-refractivity contribution < 1.29 is 32.9 Å². The fourth-order valence-electron chi connectivity index (χ4n) is 4.21. The molecule has 2 aromatic rings. The van der Waals surface area contributed by atoms with Gasteiger partial charge in [0.1, 0.15) is 23.4 Å². The van der Waals surface area contributed by atoms with Gasteiger partial charge < -0.3 is 19.7 Å². The van der Waals surface area contributed by atoms with Gasteiger partial charge in [-0.25, -0.2) is 0 Å². The Bertz CT molecular complexity index is 877. The molecule has 162 valence electrons. The van der Waals surface area contributed by atoms with Crippen LogP contribution in [0.25, 0.3) is 0 Å². The van der Waals surface area contributed by atoms with Crippen molar-refractivity contribution in [2.75, 3.05) is 19.6 Å². The Morgan fingerprint density at radius 2 is 1.80 bits per heavy atom. The molecule has 0 spiro atoms. The lowest BCUT2D eigenvalue weighted by Gasteiger charge is -2.39. The molecule has 0 radical (unpaired) electrons. The van der Waals surface area contributed by atoms with Crippen molar-refractivity contribution in [3.63, 3.8) is 0 Å². The van der Waals surface area contributed by atoms with Gasteiger partial charge in [0, 0.05) is 38.0 Å². The van der Waals surface area contributed by atoms with Crippen LogP contribution < -0.4 is 9.47 Å². The summed E-state index contributed by atoms with van der Waals surface area (Å²) >= 11 is 0. The van der Waals surface area contributed by atoms with Gasteiger partial charge in [0.05, 0.1) is 5.60 Å². The number of benzene rings is 2. The Kier molecular flexibility index (Phi) is 5.55. The van der Waals surface area contributed by atoms with Gasteiger partial charge in [0.2, 0.25) is 0 Å². The molecular formula is C22H24F3NO4. The molecule has 2 heterocycles. The van der Waals surface area contributed by atoms with E-state index in [1.165, 1.54) is 12.1 Å². The highest BCUT2D eigenvalue weighted by Crippen LogP contribution is 2.33. The van der Waals surface area contributed by atoms with Gasteiger partial charge in [0.25, 0.3) is 0 Å². The summed E-state index contributed by atoms with van der Waals surface area (Å²) < 4.78 is 46.6. The van der Waals surface area contributed by atoms with Gasteiger partial charge in [0.15, 0.2) is 0 Å². The maximum atomic E-state index is 12.3. The van der Waals surface area contributed by atoms with Crippen LogP contribution in [0.2, 0.25) is 0 Å². The summed E-state index contributed by atoms with van der Waals surface area (Å²) in [6.07, 6.45) is -2.40. The summed E-state index contributed by atoms with van der Waals surface area (Å²) in [7, 11) is 0. The highest BCUT2D eigenvalue weighted by Gasteiger charge is 2.35. The molecule has 2 aliphatic heterocycles. The van der Waals surface area contributed by atoms with Crippen molar-refractivity contribution in [3.05, 3.63) is 53.6 Å². The molecule has 2 aromatic carbocycles. The maximum Gasteiger partial charge on any atom is 0.573 e. The van der Waals surface area contributed by atoms with E-state index in [1.807, 2.05) is 0 Å². The first-order valence-corrected chi connectivity index (χ1v) is 9.95. The Balaban J connectivity index is 1.27. The highest BCUT2D eigenvalue weighted by atomic mass is 19.4. The standard InChI is InChI=1S/C22H24F3NO4/c23-22(24,25)30-18-4-1-15(2-5-18)13-21(28)7-9-26(10-8-21)14-19-12-16-11-17(27)3-6-20(16)29-19/h1-6,11,19,27-28H,7-10,12-14H2. The van der Waals surface area contributed by atoms with Gasteiger partial charge in [-0.1, -0.05) is 12.1 Å². The second kappa shape index (κ2) is 8.00. The first kappa shape index (κ1) is 20.8. The molecule has 0 bridgehead atoms. The third-order valence-electron chi connectivity index (χ3n) is 5.72. The van der Waals surface area contributed by atoms with Crippen LogP contribution in [0.3, 0.4) is 0 Å². The number of hydrogen-bond acceptors (Lipinski definition) is 5. The largest absolute Gasteiger partial charge is 0.573 e. The molecule has 0 amide bonds. The highest BCUT2D eigenvalue weighted by molar-refractivity contribution is 5.42. The Hall–Kier alpha value is -2.45. The average molecular weight is 423 g/mol. The van der Waals surface area contributed by atoms with Gasteiger partial charge in [-0.15, -0.1) is 13.2 Å². The lowest BCUT2D eigenvalue weighted by atomic mass is 9.85. The number of hydrogen-bond donors (Lipinski definition) is 2. The predicted molar refractivity (Wildman–Crippen MR) is 104 cm³/mol. The fourth-order valence-corrected chi connectivity index (χ4v) is 4.21. The summed E-state index contributed by atoms with van der Waals surface area (Å²) in [5.41, 5.74) is 0.898. The van der Waals surface area contributed by atoms with Gasteiger partial charge in [-0.05, 0) is 48.7 Å². The lowest BCUT2D eigenvalue weighted by molar-refractivity contribution is -0.274. The van der Waals surface area contributed by atoms with Crippen LogP contribution >= 0.6 is 0 Å². The van der Waals surface area contributed by atoms with E-state index < -0.39 is 12.0 Å². The minimum atomic E-state index is -4.71. The molecule has 5 nitrogen and oxygen atoms in total. The van der Waals surface area contributed by atoms with Gasteiger partial charge in [-0.2, -0.15) is 0 Å². The maximum absolute atomic E-state index is 12.3. The predicted octanol–water partition coefficient (Wildman–Crippen LogP) is 3.66. The molecule has 1 atom stereocenters. The van der Waals surface area contributed by atoms with E-state index in [0.29, 0.717) is 32.4 Å². The molecule has 2 N–H and O–H groups in total. The van der Waals surface area contributed by atoms with E-state index in [4.69, 9.17) is 4.74 Å². The van der Waals surface area contributed by atoms with Crippen LogP contribution in [-0.2, 0) is 12.8 Å². The van der Waals surface area contributed by atoms with Gasteiger partial charge in [-0.3, -0.25) is 4.90 Å². The lowest BCUT2D eigenvalue weighted by Crippen LogP contribution is -2.48. The zero-order chi connectivity index (χ0) is 21.4. The number of likely N-dealkylation sites (tertiary alicyclic amines) is 1. The van der Waals surface area contributed by atoms with Crippen molar-refractivity contribution in [1.29, 1.82) is 0 Å². The first-order chi connectivity index (χ1) is 14.2. The number of ether oxygens (including phenoxy) is 2. The third-order valence-corrected chi connectivity index (χ3v) is 5.72. The molecule has 0 aromatic heterocycles.